The van der Waals surface area contributed by atoms with Gasteiger partial charge in [0.25, 0.3) is 0 Å². The SMILES string of the molecule is CCOc1ccc(NC(=O)CCC(=O)NN=CCc2ccccc2)cc1. The van der Waals surface area contributed by atoms with E-state index in [-0.39, 0.29) is 24.7 Å². The summed E-state index contributed by atoms with van der Waals surface area (Å²) in [7, 11) is 0. The number of carbonyl (C=O) groups excluding carboxylic acids is 2. The molecule has 0 unspecified atom stereocenters. The number of hydrazone groups is 1. The fourth-order valence-corrected chi connectivity index (χ4v) is 2.19. The number of hydrogen-bond acceptors (Lipinski definition) is 4. The Morgan fingerprint density at radius 2 is 1.69 bits per heavy atom. The molecule has 2 rings (SSSR count). The van der Waals surface area contributed by atoms with Crippen molar-refractivity contribution in [1.29, 1.82) is 0 Å². The number of benzene rings is 2. The average Bonchev–Trinajstić information content (AvgIpc) is 2.66. The maximum absolute atomic E-state index is 11.9. The minimum absolute atomic E-state index is 0.0749. The zero-order chi connectivity index (χ0) is 18.6. The third kappa shape index (κ3) is 7.17. The van der Waals surface area contributed by atoms with E-state index in [9.17, 15) is 9.59 Å². The lowest BCUT2D eigenvalue weighted by Gasteiger charge is -2.07. The zero-order valence-corrected chi connectivity index (χ0v) is 14.8. The van der Waals surface area contributed by atoms with Crippen LogP contribution in [0.15, 0.2) is 59.7 Å². The van der Waals surface area contributed by atoms with Crippen LogP contribution in [0.4, 0.5) is 5.69 Å². The van der Waals surface area contributed by atoms with Crippen molar-refractivity contribution in [2.45, 2.75) is 26.2 Å². The maximum atomic E-state index is 11.9. The van der Waals surface area contributed by atoms with Crippen LogP contribution in [0.3, 0.4) is 0 Å². The summed E-state index contributed by atoms with van der Waals surface area (Å²) in [5, 5.41) is 6.63. The summed E-state index contributed by atoms with van der Waals surface area (Å²) in [5.41, 5.74) is 4.21. The molecule has 6 nitrogen and oxygen atoms in total. The second-order valence-corrected chi connectivity index (χ2v) is 5.54. The molecule has 0 aromatic heterocycles. The van der Waals surface area contributed by atoms with Crippen molar-refractivity contribution in [3.05, 3.63) is 60.2 Å². The van der Waals surface area contributed by atoms with Crippen molar-refractivity contribution in [3.63, 3.8) is 0 Å². The number of carbonyl (C=O) groups is 2. The first kappa shape index (κ1) is 19.2. The number of hydrogen-bond donors (Lipinski definition) is 2. The Morgan fingerprint density at radius 3 is 2.38 bits per heavy atom. The van der Waals surface area contributed by atoms with Gasteiger partial charge in [0.1, 0.15) is 5.75 Å². The van der Waals surface area contributed by atoms with E-state index in [4.69, 9.17) is 4.74 Å². The first-order valence-corrected chi connectivity index (χ1v) is 8.54. The molecule has 0 atom stereocenters. The molecule has 136 valence electrons. The molecule has 2 amide bonds. The van der Waals surface area contributed by atoms with Crippen molar-refractivity contribution in [2.75, 3.05) is 11.9 Å². The van der Waals surface area contributed by atoms with Crippen LogP contribution in [-0.4, -0.2) is 24.6 Å². The van der Waals surface area contributed by atoms with E-state index in [1.165, 1.54) is 0 Å². The van der Waals surface area contributed by atoms with Crippen molar-refractivity contribution >= 4 is 23.7 Å². The topological polar surface area (TPSA) is 79.8 Å². The molecule has 26 heavy (non-hydrogen) atoms. The van der Waals surface area contributed by atoms with Crippen molar-refractivity contribution in [2.24, 2.45) is 5.10 Å². The molecule has 0 saturated carbocycles. The summed E-state index contributed by atoms with van der Waals surface area (Å²) in [6.45, 7) is 2.50. The van der Waals surface area contributed by atoms with E-state index in [0.29, 0.717) is 18.7 Å². The van der Waals surface area contributed by atoms with Gasteiger partial charge in [-0.2, -0.15) is 5.10 Å². The molecular weight excluding hydrogens is 330 g/mol. The third-order valence-electron chi connectivity index (χ3n) is 3.48. The molecule has 2 N–H and O–H groups in total. The summed E-state index contributed by atoms with van der Waals surface area (Å²) < 4.78 is 5.34. The molecule has 0 fully saturated rings. The molecule has 6 heteroatoms. The minimum Gasteiger partial charge on any atom is -0.494 e. The highest BCUT2D eigenvalue weighted by Crippen LogP contribution is 2.15. The zero-order valence-electron chi connectivity index (χ0n) is 14.8. The van der Waals surface area contributed by atoms with Gasteiger partial charge in [0.15, 0.2) is 0 Å². The lowest BCUT2D eigenvalue weighted by Crippen LogP contribution is -2.20. The van der Waals surface area contributed by atoms with Gasteiger partial charge in [0, 0.05) is 31.2 Å². The molecule has 0 heterocycles. The number of amides is 2. The predicted molar refractivity (Wildman–Crippen MR) is 102 cm³/mol. The third-order valence-corrected chi connectivity index (χ3v) is 3.48. The first-order valence-electron chi connectivity index (χ1n) is 8.54. The van der Waals surface area contributed by atoms with Crippen LogP contribution in [0, 0.1) is 0 Å². The summed E-state index contributed by atoms with van der Waals surface area (Å²) in [4.78, 5) is 23.6. The van der Waals surface area contributed by atoms with Gasteiger partial charge in [-0.25, -0.2) is 5.43 Å². The Hall–Kier alpha value is -3.15. The van der Waals surface area contributed by atoms with E-state index in [0.717, 1.165) is 11.3 Å². The summed E-state index contributed by atoms with van der Waals surface area (Å²) in [6.07, 6.45) is 2.44. The quantitative estimate of drug-likeness (QED) is 0.537. The molecule has 2 aromatic rings. The van der Waals surface area contributed by atoms with Crippen LogP contribution >= 0.6 is 0 Å². The van der Waals surface area contributed by atoms with Crippen molar-refractivity contribution in [1.82, 2.24) is 5.43 Å². The Kier molecular flexibility index (Phi) is 7.86. The fraction of sp³-hybridized carbons (Fsp3) is 0.250. The van der Waals surface area contributed by atoms with Crippen LogP contribution in [-0.2, 0) is 16.0 Å². The lowest BCUT2D eigenvalue weighted by atomic mass is 10.2. The second kappa shape index (κ2) is 10.7. The number of nitrogens with one attached hydrogen (secondary N) is 2. The predicted octanol–water partition coefficient (Wildman–Crippen LogP) is 3.15. The Morgan fingerprint density at radius 1 is 1.00 bits per heavy atom. The number of rotatable bonds is 9. The number of nitrogens with zero attached hydrogens (tertiary/aromatic N) is 1. The molecule has 0 aliphatic rings. The molecule has 0 spiro atoms. The summed E-state index contributed by atoms with van der Waals surface area (Å²) in [6, 6.07) is 16.9. The molecule has 0 saturated heterocycles. The number of anilines is 1. The average molecular weight is 353 g/mol. The van der Waals surface area contributed by atoms with Crippen molar-refractivity contribution < 1.29 is 14.3 Å². The van der Waals surface area contributed by atoms with Gasteiger partial charge >= 0.3 is 0 Å². The Labute approximate surface area is 153 Å². The summed E-state index contributed by atoms with van der Waals surface area (Å²) >= 11 is 0. The highest BCUT2D eigenvalue weighted by Gasteiger charge is 2.07. The molecule has 0 radical (unpaired) electrons. The normalized spacial score (nSPS) is 10.5. The van der Waals surface area contributed by atoms with Gasteiger partial charge in [-0.15, -0.1) is 0 Å². The minimum atomic E-state index is -0.295. The van der Waals surface area contributed by atoms with E-state index < -0.39 is 0 Å². The van der Waals surface area contributed by atoms with Crippen LogP contribution in [0.5, 0.6) is 5.75 Å². The molecule has 0 aliphatic heterocycles. The van der Waals surface area contributed by atoms with Gasteiger partial charge < -0.3 is 10.1 Å². The standard InChI is InChI=1S/C20H23N3O3/c1-2-26-18-10-8-17(9-11-18)22-19(24)12-13-20(25)23-21-15-14-16-6-4-3-5-7-16/h3-11,15H,2,12-14H2,1H3,(H,22,24)(H,23,25). The van der Waals surface area contributed by atoms with Gasteiger partial charge in [-0.1, -0.05) is 30.3 Å². The highest BCUT2D eigenvalue weighted by atomic mass is 16.5. The molecular formula is C20H23N3O3. The largest absolute Gasteiger partial charge is 0.494 e. The monoisotopic (exact) mass is 353 g/mol. The van der Waals surface area contributed by atoms with E-state index in [1.54, 1.807) is 30.5 Å². The lowest BCUT2D eigenvalue weighted by molar-refractivity contribution is -0.124. The first-order chi connectivity index (χ1) is 12.7. The van der Waals surface area contributed by atoms with Gasteiger partial charge in [0.05, 0.1) is 6.61 Å². The molecule has 2 aromatic carbocycles. The van der Waals surface area contributed by atoms with E-state index >= 15 is 0 Å². The second-order valence-electron chi connectivity index (χ2n) is 5.54. The fourth-order valence-electron chi connectivity index (χ4n) is 2.19. The smallest absolute Gasteiger partial charge is 0.240 e. The van der Waals surface area contributed by atoms with E-state index in [2.05, 4.69) is 15.8 Å². The van der Waals surface area contributed by atoms with E-state index in [1.807, 2.05) is 37.3 Å². The van der Waals surface area contributed by atoms with Gasteiger partial charge in [-0.05, 0) is 36.8 Å². The number of ether oxygens (including phenoxy) is 1. The Balaban J connectivity index is 1.65. The van der Waals surface area contributed by atoms with Gasteiger partial charge in [-0.3, -0.25) is 9.59 Å². The molecule has 0 aliphatic carbocycles. The van der Waals surface area contributed by atoms with Gasteiger partial charge in [0.2, 0.25) is 11.8 Å². The van der Waals surface area contributed by atoms with Crippen LogP contribution in [0.1, 0.15) is 25.3 Å². The molecule has 0 bridgehead atoms. The van der Waals surface area contributed by atoms with Crippen molar-refractivity contribution in [3.8, 4) is 5.75 Å². The van der Waals surface area contributed by atoms with Crippen LogP contribution in [0.25, 0.3) is 0 Å². The Bertz CT molecular complexity index is 728. The summed E-state index contributed by atoms with van der Waals surface area (Å²) in [5.74, 6) is 0.229. The maximum Gasteiger partial charge on any atom is 0.240 e. The highest BCUT2D eigenvalue weighted by molar-refractivity contribution is 5.93. The van der Waals surface area contributed by atoms with Crippen LogP contribution in [0.2, 0.25) is 0 Å². The van der Waals surface area contributed by atoms with Crippen LogP contribution < -0.4 is 15.5 Å².